The Morgan fingerprint density at radius 2 is 2.29 bits per heavy atom. The molecule has 2 aromatic rings. The number of nitrogens with two attached hydrogens (primary N) is 1. The smallest absolute Gasteiger partial charge is 0.142 e. The molecule has 3 N–H and O–H groups in total. The Bertz CT molecular complexity index is 547. The van der Waals surface area contributed by atoms with E-state index in [-0.39, 0.29) is 0 Å². The summed E-state index contributed by atoms with van der Waals surface area (Å²) < 4.78 is 4.14. The van der Waals surface area contributed by atoms with Crippen LogP contribution in [0.2, 0.25) is 0 Å². The minimum Gasteiger partial charge on any atom is -0.383 e. The zero-order chi connectivity index (χ0) is 11.8. The molecule has 1 aliphatic carbocycles. The van der Waals surface area contributed by atoms with Crippen molar-refractivity contribution in [2.24, 2.45) is 0 Å². The van der Waals surface area contributed by atoms with E-state index in [0.29, 0.717) is 11.7 Å². The van der Waals surface area contributed by atoms with Gasteiger partial charge in [0, 0.05) is 18.0 Å². The number of nitrogens with zero attached hydrogens (tertiary/aromatic N) is 1. The van der Waals surface area contributed by atoms with Crippen molar-refractivity contribution in [3.05, 3.63) is 41.0 Å². The highest BCUT2D eigenvalue weighted by molar-refractivity contribution is 7.10. The molecule has 0 spiro atoms. The van der Waals surface area contributed by atoms with Crippen LogP contribution >= 0.6 is 11.5 Å². The first-order valence-electron chi connectivity index (χ1n) is 5.79. The second-order valence-electron chi connectivity index (χ2n) is 4.50. The molecule has 0 fully saturated rings. The van der Waals surface area contributed by atoms with Crippen molar-refractivity contribution in [3.63, 3.8) is 0 Å². The number of anilines is 2. The molecule has 88 valence electrons. The van der Waals surface area contributed by atoms with Gasteiger partial charge in [0.2, 0.25) is 0 Å². The van der Waals surface area contributed by atoms with E-state index in [1.165, 1.54) is 29.1 Å². The minimum absolute atomic E-state index is 0.633. The Morgan fingerprint density at radius 3 is 3.00 bits per heavy atom. The standard InChI is InChI=1S/C13H15N3S/c1-8-12(14)16-17-13(8)15-7-10-6-9-4-2-3-5-11(9)10/h2-5,10,15H,6-7H2,1H3,(H2,14,16). The maximum absolute atomic E-state index is 5.73. The van der Waals surface area contributed by atoms with Crippen LogP contribution in [0.25, 0.3) is 0 Å². The molecule has 1 aliphatic rings. The highest BCUT2D eigenvalue weighted by Crippen LogP contribution is 2.35. The van der Waals surface area contributed by atoms with E-state index >= 15 is 0 Å². The van der Waals surface area contributed by atoms with Gasteiger partial charge in [-0.1, -0.05) is 24.3 Å². The van der Waals surface area contributed by atoms with E-state index in [1.807, 2.05) is 6.92 Å². The molecule has 1 aromatic heterocycles. The van der Waals surface area contributed by atoms with Gasteiger partial charge in [-0.05, 0) is 36.0 Å². The maximum Gasteiger partial charge on any atom is 0.142 e. The van der Waals surface area contributed by atoms with E-state index in [4.69, 9.17) is 5.73 Å². The topological polar surface area (TPSA) is 50.9 Å². The lowest BCUT2D eigenvalue weighted by Crippen LogP contribution is -2.24. The number of nitrogen functional groups attached to an aromatic ring is 1. The normalized spacial score (nSPS) is 17.4. The van der Waals surface area contributed by atoms with Crippen molar-refractivity contribution in [1.82, 2.24) is 4.37 Å². The van der Waals surface area contributed by atoms with Crippen molar-refractivity contribution in [2.45, 2.75) is 19.3 Å². The fourth-order valence-electron chi connectivity index (χ4n) is 2.27. The summed E-state index contributed by atoms with van der Waals surface area (Å²) in [6, 6.07) is 8.65. The third-order valence-corrected chi connectivity index (χ3v) is 4.35. The summed E-state index contributed by atoms with van der Waals surface area (Å²) in [5.41, 5.74) is 9.77. The number of hydrogen-bond donors (Lipinski definition) is 2. The van der Waals surface area contributed by atoms with Crippen LogP contribution in [-0.2, 0) is 6.42 Å². The van der Waals surface area contributed by atoms with Crippen molar-refractivity contribution in [2.75, 3.05) is 17.6 Å². The van der Waals surface area contributed by atoms with Gasteiger partial charge in [0.05, 0.1) is 0 Å². The zero-order valence-corrected chi connectivity index (χ0v) is 10.6. The fraction of sp³-hybridized carbons (Fsp3) is 0.308. The predicted molar refractivity (Wildman–Crippen MR) is 72.6 cm³/mol. The van der Waals surface area contributed by atoms with Gasteiger partial charge in [-0.3, -0.25) is 0 Å². The van der Waals surface area contributed by atoms with Gasteiger partial charge in [0.1, 0.15) is 10.8 Å². The quantitative estimate of drug-likeness (QED) is 0.874. The predicted octanol–water partition coefficient (Wildman–Crippen LogP) is 2.79. The lowest BCUT2D eigenvalue weighted by molar-refractivity contribution is 0.636. The zero-order valence-electron chi connectivity index (χ0n) is 9.73. The van der Waals surface area contributed by atoms with Gasteiger partial charge < -0.3 is 11.1 Å². The number of nitrogens with one attached hydrogen (secondary N) is 1. The lowest BCUT2D eigenvalue weighted by atomic mass is 9.78. The number of rotatable bonds is 3. The van der Waals surface area contributed by atoms with E-state index < -0.39 is 0 Å². The van der Waals surface area contributed by atoms with Crippen LogP contribution in [0.1, 0.15) is 22.6 Å². The number of hydrogen-bond acceptors (Lipinski definition) is 4. The average Bonchev–Trinajstić information content (AvgIpc) is 2.62. The summed E-state index contributed by atoms with van der Waals surface area (Å²) >= 11 is 1.45. The molecular formula is C13H15N3S. The third kappa shape index (κ3) is 1.78. The summed E-state index contributed by atoms with van der Waals surface area (Å²) in [7, 11) is 0. The molecule has 3 nitrogen and oxygen atoms in total. The van der Waals surface area contributed by atoms with Gasteiger partial charge >= 0.3 is 0 Å². The molecule has 1 unspecified atom stereocenters. The summed E-state index contributed by atoms with van der Waals surface area (Å²) in [5, 5.41) is 4.56. The second kappa shape index (κ2) is 4.04. The molecule has 0 bridgehead atoms. The van der Waals surface area contributed by atoms with E-state index in [0.717, 1.165) is 17.1 Å². The molecule has 0 saturated heterocycles. The van der Waals surface area contributed by atoms with Gasteiger partial charge in [-0.15, -0.1) is 0 Å². The lowest BCUT2D eigenvalue weighted by Gasteiger charge is -2.30. The first kappa shape index (κ1) is 10.6. The van der Waals surface area contributed by atoms with Gasteiger partial charge in [-0.25, -0.2) is 0 Å². The van der Waals surface area contributed by atoms with E-state index in [2.05, 4.69) is 34.0 Å². The SMILES string of the molecule is Cc1c(N)nsc1NCC1Cc2ccccc21. The van der Waals surface area contributed by atoms with Crippen LogP contribution in [0.4, 0.5) is 10.8 Å². The van der Waals surface area contributed by atoms with Crippen molar-refractivity contribution < 1.29 is 0 Å². The summed E-state index contributed by atoms with van der Waals surface area (Å²) in [6.45, 7) is 2.98. The minimum atomic E-state index is 0.633. The van der Waals surface area contributed by atoms with Crippen LogP contribution in [0, 0.1) is 6.92 Å². The monoisotopic (exact) mass is 245 g/mol. The highest BCUT2D eigenvalue weighted by Gasteiger charge is 2.25. The molecule has 0 saturated carbocycles. The first-order chi connectivity index (χ1) is 8.25. The second-order valence-corrected chi connectivity index (χ2v) is 5.28. The van der Waals surface area contributed by atoms with E-state index in [1.54, 1.807) is 0 Å². The van der Waals surface area contributed by atoms with Gasteiger partial charge in [0.25, 0.3) is 0 Å². The Labute approximate surface area is 105 Å². The Kier molecular flexibility index (Phi) is 2.52. The maximum atomic E-state index is 5.73. The van der Waals surface area contributed by atoms with Crippen LogP contribution in [0.5, 0.6) is 0 Å². The number of fused-ring (bicyclic) bond motifs is 1. The van der Waals surface area contributed by atoms with E-state index in [9.17, 15) is 0 Å². The first-order valence-corrected chi connectivity index (χ1v) is 6.56. The third-order valence-electron chi connectivity index (χ3n) is 3.43. The Balaban J connectivity index is 1.66. The van der Waals surface area contributed by atoms with Crippen LogP contribution in [-0.4, -0.2) is 10.9 Å². The van der Waals surface area contributed by atoms with Crippen LogP contribution < -0.4 is 11.1 Å². The molecule has 0 amide bonds. The fourth-order valence-corrected chi connectivity index (χ4v) is 2.99. The van der Waals surface area contributed by atoms with Crippen molar-refractivity contribution in [3.8, 4) is 0 Å². The molecule has 17 heavy (non-hydrogen) atoms. The van der Waals surface area contributed by atoms with Crippen molar-refractivity contribution >= 4 is 22.4 Å². The van der Waals surface area contributed by atoms with Crippen LogP contribution in [0.15, 0.2) is 24.3 Å². The summed E-state index contributed by atoms with van der Waals surface area (Å²) in [5.74, 6) is 1.28. The van der Waals surface area contributed by atoms with Crippen LogP contribution in [0.3, 0.4) is 0 Å². The average molecular weight is 245 g/mol. The van der Waals surface area contributed by atoms with Gasteiger partial charge in [0.15, 0.2) is 0 Å². The molecule has 3 rings (SSSR count). The largest absolute Gasteiger partial charge is 0.383 e. The molecule has 1 atom stereocenters. The molecule has 1 heterocycles. The number of aromatic nitrogens is 1. The van der Waals surface area contributed by atoms with Gasteiger partial charge in [-0.2, -0.15) is 4.37 Å². The highest BCUT2D eigenvalue weighted by atomic mass is 32.1. The Morgan fingerprint density at radius 1 is 1.47 bits per heavy atom. The molecular weight excluding hydrogens is 230 g/mol. The summed E-state index contributed by atoms with van der Waals surface area (Å²) in [6.07, 6.45) is 1.18. The summed E-state index contributed by atoms with van der Waals surface area (Å²) in [4.78, 5) is 0. The molecule has 1 aromatic carbocycles. The number of benzene rings is 1. The molecule has 0 aliphatic heterocycles. The van der Waals surface area contributed by atoms with Crippen molar-refractivity contribution in [1.29, 1.82) is 0 Å². The molecule has 4 heteroatoms. The Hall–Kier alpha value is -1.55. The molecule has 0 radical (unpaired) electrons.